The summed E-state index contributed by atoms with van der Waals surface area (Å²) in [5, 5.41) is 2.87. The third-order valence-corrected chi connectivity index (χ3v) is 4.11. The van der Waals surface area contributed by atoms with Gasteiger partial charge in [0.05, 0.1) is 5.69 Å². The van der Waals surface area contributed by atoms with E-state index in [4.69, 9.17) is 4.42 Å². The first-order chi connectivity index (χ1) is 10.5. The standard InChI is InChI=1S/C16H19FN2O2S/c1-11-15(19-12(2)21-11)7-9-18-16(20)8-10-22-14-5-3-13(17)4-6-14/h3-6H,7-10H2,1-2H3,(H,18,20). The number of aryl methyl sites for hydroxylation is 2. The van der Waals surface area contributed by atoms with E-state index in [-0.39, 0.29) is 11.7 Å². The Hall–Kier alpha value is -1.82. The number of carbonyl (C=O) groups is 1. The van der Waals surface area contributed by atoms with Crippen molar-refractivity contribution in [3.05, 3.63) is 47.4 Å². The number of thioether (sulfide) groups is 1. The number of hydrogen-bond acceptors (Lipinski definition) is 4. The number of hydrogen-bond donors (Lipinski definition) is 1. The van der Waals surface area contributed by atoms with Gasteiger partial charge in [-0.25, -0.2) is 9.37 Å². The molecule has 0 radical (unpaired) electrons. The van der Waals surface area contributed by atoms with Crippen LogP contribution >= 0.6 is 11.8 Å². The van der Waals surface area contributed by atoms with E-state index in [1.54, 1.807) is 12.1 Å². The van der Waals surface area contributed by atoms with Gasteiger partial charge in [-0.3, -0.25) is 4.79 Å². The fourth-order valence-electron chi connectivity index (χ4n) is 2.01. The van der Waals surface area contributed by atoms with Crippen LogP contribution in [-0.4, -0.2) is 23.2 Å². The number of oxazole rings is 1. The van der Waals surface area contributed by atoms with Gasteiger partial charge in [0.25, 0.3) is 0 Å². The molecule has 1 amide bonds. The summed E-state index contributed by atoms with van der Waals surface area (Å²) in [6.07, 6.45) is 1.10. The van der Waals surface area contributed by atoms with E-state index in [0.29, 0.717) is 31.0 Å². The lowest BCUT2D eigenvalue weighted by Crippen LogP contribution is -2.26. The van der Waals surface area contributed by atoms with Gasteiger partial charge in [0.2, 0.25) is 5.91 Å². The average molecular weight is 322 g/mol. The van der Waals surface area contributed by atoms with Crippen LogP contribution in [-0.2, 0) is 11.2 Å². The molecule has 0 atom stereocenters. The molecule has 2 rings (SSSR count). The monoisotopic (exact) mass is 322 g/mol. The maximum absolute atomic E-state index is 12.8. The van der Waals surface area contributed by atoms with Crippen LogP contribution in [0.2, 0.25) is 0 Å². The van der Waals surface area contributed by atoms with Crippen molar-refractivity contribution in [3.8, 4) is 0 Å². The van der Waals surface area contributed by atoms with Crippen LogP contribution in [0, 0.1) is 19.7 Å². The lowest BCUT2D eigenvalue weighted by atomic mass is 10.2. The highest BCUT2D eigenvalue weighted by molar-refractivity contribution is 7.99. The zero-order chi connectivity index (χ0) is 15.9. The van der Waals surface area contributed by atoms with E-state index < -0.39 is 0 Å². The third-order valence-electron chi connectivity index (χ3n) is 3.10. The molecule has 0 unspecified atom stereocenters. The molecule has 0 saturated heterocycles. The molecule has 22 heavy (non-hydrogen) atoms. The summed E-state index contributed by atoms with van der Waals surface area (Å²) in [5.41, 5.74) is 0.887. The molecule has 1 heterocycles. The number of benzene rings is 1. The van der Waals surface area contributed by atoms with E-state index in [9.17, 15) is 9.18 Å². The summed E-state index contributed by atoms with van der Waals surface area (Å²) in [6.45, 7) is 4.23. The largest absolute Gasteiger partial charge is 0.446 e. The summed E-state index contributed by atoms with van der Waals surface area (Å²) in [6, 6.07) is 6.27. The van der Waals surface area contributed by atoms with Gasteiger partial charge in [-0.2, -0.15) is 0 Å². The molecule has 2 aromatic rings. The van der Waals surface area contributed by atoms with Gasteiger partial charge in [0, 0.05) is 37.0 Å². The van der Waals surface area contributed by atoms with Crippen molar-refractivity contribution in [3.63, 3.8) is 0 Å². The number of carbonyl (C=O) groups excluding carboxylic acids is 1. The Bertz CT molecular complexity index is 626. The van der Waals surface area contributed by atoms with Crippen LogP contribution < -0.4 is 5.32 Å². The third kappa shape index (κ3) is 5.18. The first-order valence-electron chi connectivity index (χ1n) is 7.12. The highest BCUT2D eigenvalue weighted by Crippen LogP contribution is 2.18. The van der Waals surface area contributed by atoms with Crippen molar-refractivity contribution in [2.75, 3.05) is 12.3 Å². The molecule has 0 aliphatic heterocycles. The molecule has 118 valence electrons. The molecule has 0 aliphatic carbocycles. The first kappa shape index (κ1) is 16.5. The predicted molar refractivity (Wildman–Crippen MR) is 84.4 cm³/mol. The van der Waals surface area contributed by atoms with E-state index in [1.165, 1.54) is 23.9 Å². The molecule has 1 N–H and O–H groups in total. The van der Waals surface area contributed by atoms with Crippen LogP contribution in [0.3, 0.4) is 0 Å². The summed E-state index contributed by atoms with van der Waals surface area (Å²) in [4.78, 5) is 17.0. The van der Waals surface area contributed by atoms with Crippen molar-refractivity contribution < 1.29 is 13.6 Å². The summed E-state index contributed by atoms with van der Waals surface area (Å²) in [7, 11) is 0. The van der Waals surface area contributed by atoms with Gasteiger partial charge >= 0.3 is 0 Å². The van der Waals surface area contributed by atoms with Gasteiger partial charge in [-0.1, -0.05) is 0 Å². The predicted octanol–water partition coefficient (Wildman–Crippen LogP) is 3.27. The number of aromatic nitrogens is 1. The summed E-state index contributed by atoms with van der Waals surface area (Å²) in [5.74, 6) is 1.88. The fourth-order valence-corrected chi connectivity index (χ4v) is 2.86. The molecular formula is C16H19FN2O2S. The van der Waals surface area contributed by atoms with Crippen molar-refractivity contribution in [2.45, 2.75) is 31.6 Å². The number of rotatable bonds is 7. The minimum absolute atomic E-state index is 0.00693. The molecular weight excluding hydrogens is 303 g/mol. The van der Waals surface area contributed by atoms with Crippen LogP contribution in [0.5, 0.6) is 0 Å². The zero-order valence-corrected chi connectivity index (χ0v) is 13.5. The van der Waals surface area contributed by atoms with E-state index in [1.807, 2.05) is 13.8 Å². The molecule has 6 heteroatoms. The molecule has 0 aliphatic rings. The second-order valence-corrected chi connectivity index (χ2v) is 6.06. The zero-order valence-electron chi connectivity index (χ0n) is 12.7. The lowest BCUT2D eigenvalue weighted by molar-refractivity contribution is -0.120. The van der Waals surface area contributed by atoms with Crippen LogP contribution in [0.1, 0.15) is 23.8 Å². The highest BCUT2D eigenvalue weighted by atomic mass is 32.2. The number of nitrogens with zero attached hydrogens (tertiary/aromatic N) is 1. The molecule has 0 bridgehead atoms. The van der Waals surface area contributed by atoms with E-state index >= 15 is 0 Å². The average Bonchev–Trinajstić information content (AvgIpc) is 2.79. The summed E-state index contributed by atoms with van der Waals surface area (Å²) >= 11 is 1.54. The van der Waals surface area contributed by atoms with Crippen molar-refractivity contribution in [2.24, 2.45) is 0 Å². The smallest absolute Gasteiger partial charge is 0.220 e. The topological polar surface area (TPSA) is 55.1 Å². The Morgan fingerprint density at radius 2 is 2.05 bits per heavy atom. The van der Waals surface area contributed by atoms with Gasteiger partial charge < -0.3 is 9.73 Å². The van der Waals surface area contributed by atoms with E-state index in [0.717, 1.165) is 16.3 Å². The van der Waals surface area contributed by atoms with Crippen LogP contribution in [0.25, 0.3) is 0 Å². The van der Waals surface area contributed by atoms with Gasteiger partial charge in [0.15, 0.2) is 5.89 Å². The van der Waals surface area contributed by atoms with Gasteiger partial charge in [0.1, 0.15) is 11.6 Å². The van der Waals surface area contributed by atoms with E-state index in [2.05, 4.69) is 10.3 Å². The van der Waals surface area contributed by atoms with Crippen molar-refractivity contribution >= 4 is 17.7 Å². The number of nitrogens with one attached hydrogen (secondary N) is 1. The fraction of sp³-hybridized carbons (Fsp3) is 0.375. The lowest BCUT2D eigenvalue weighted by Gasteiger charge is -2.04. The Balaban J connectivity index is 1.63. The molecule has 0 saturated carbocycles. The summed E-state index contributed by atoms with van der Waals surface area (Å²) < 4.78 is 18.1. The number of amides is 1. The second kappa shape index (κ2) is 7.98. The minimum atomic E-state index is -0.250. The molecule has 1 aromatic carbocycles. The second-order valence-electron chi connectivity index (χ2n) is 4.89. The van der Waals surface area contributed by atoms with Gasteiger partial charge in [-0.15, -0.1) is 11.8 Å². The minimum Gasteiger partial charge on any atom is -0.446 e. The first-order valence-corrected chi connectivity index (χ1v) is 8.11. The highest BCUT2D eigenvalue weighted by Gasteiger charge is 2.07. The van der Waals surface area contributed by atoms with Crippen LogP contribution in [0.15, 0.2) is 33.6 Å². The Morgan fingerprint density at radius 3 is 2.68 bits per heavy atom. The normalized spacial score (nSPS) is 10.7. The Kier molecular flexibility index (Phi) is 6.00. The molecule has 0 fully saturated rings. The van der Waals surface area contributed by atoms with Crippen LogP contribution in [0.4, 0.5) is 4.39 Å². The Morgan fingerprint density at radius 1 is 1.32 bits per heavy atom. The molecule has 1 aromatic heterocycles. The van der Waals surface area contributed by atoms with Crippen molar-refractivity contribution in [1.29, 1.82) is 0 Å². The van der Waals surface area contributed by atoms with Crippen molar-refractivity contribution in [1.82, 2.24) is 10.3 Å². The molecule has 4 nitrogen and oxygen atoms in total. The molecule has 0 spiro atoms. The maximum atomic E-state index is 12.8. The Labute approximate surface area is 133 Å². The SMILES string of the molecule is Cc1nc(CCNC(=O)CCSc2ccc(F)cc2)c(C)o1. The van der Waals surface area contributed by atoms with Gasteiger partial charge in [-0.05, 0) is 31.2 Å². The maximum Gasteiger partial charge on any atom is 0.220 e. The quantitative estimate of drug-likeness (QED) is 0.795. The number of halogens is 1.